The van der Waals surface area contributed by atoms with Gasteiger partial charge in [-0.1, -0.05) is 33.6 Å². The Morgan fingerprint density at radius 1 is 1.25 bits per heavy atom. The van der Waals surface area contributed by atoms with Crippen LogP contribution >= 0.6 is 11.3 Å². The summed E-state index contributed by atoms with van der Waals surface area (Å²) in [5.74, 6) is 0.407. The Kier molecular flexibility index (Phi) is 7.15. The van der Waals surface area contributed by atoms with Crippen molar-refractivity contribution in [1.29, 1.82) is 0 Å². The summed E-state index contributed by atoms with van der Waals surface area (Å²) in [6.45, 7) is 10.2. The average molecular weight is 319 g/mol. The summed E-state index contributed by atoms with van der Waals surface area (Å²) in [6.07, 6.45) is 1.99. The first-order valence-electron chi connectivity index (χ1n) is 7.24. The molecule has 20 heavy (non-hydrogen) atoms. The van der Waals surface area contributed by atoms with Crippen LogP contribution in [-0.4, -0.2) is 21.5 Å². The summed E-state index contributed by atoms with van der Waals surface area (Å²) in [5.41, 5.74) is 0. The molecule has 1 heterocycles. The van der Waals surface area contributed by atoms with Crippen LogP contribution in [-0.2, 0) is 16.6 Å². The third-order valence-electron chi connectivity index (χ3n) is 3.48. The van der Waals surface area contributed by atoms with E-state index < -0.39 is 10.0 Å². The number of thiophene rings is 1. The van der Waals surface area contributed by atoms with Crippen molar-refractivity contribution in [3.8, 4) is 0 Å². The molecule has 0 radical (unpaired) electrons. The van der Waals surface area contributed by atoms with E-state index in [1.807, 2.05) is 13.8 Å². The van der Waals surface area contributed by atoms with Gasteiger partial charge >= 0.3 is 0 Å². The number of hydrogen-bond acceptors (Lipinski definition) is 4. The van der Waals surface area contributed by atoms with E-state index in [-0.39, 0.29) is 0 Å². The number of rotatable bonds is 9. The largest absolute Gasteiger partial charge is 0.312 e. The summed E-state index contributed by atoms with van der Waals surface area (Å²) < 4.78 is 27.4. The molecule has 0 bridgehead atoms. The second kappa shape index (κ2) is 8.12. The van der Waals surface area contributed by atoms with Crippen LogP contribution in [0.5, 0.6) is 0 Å². The fraction of sp³-hybridized carbons (Fsp3) is 0.714. The lowest BCUT2D eigenvalue weighted by Crippen LogP contribution is -2.29. The van der Waals surface area contributed by atoms with E-state index >= 15 is 0 Å². The zero-order valence-electron chi connectivity index (χ0n) is 12.8. The molecule has 2 N–H and O–H groups in total. The highest BCUT2D eigenvalue weighted by Crippen LogP contribution is 2.25. The first kappa shape index (κ1) is 17.6. The molecule has 116 valence electrons. The van der Waals surface area contributed by atoms with Crippen molar-refractivity contribution in [2.24, 2.45) is 5.92 Å². The highest BCUT2D eigenvalue weighted by Gasteiger charge is 2.20. The Bertz CT molecular complexity index is 505. The van der Waals surface area contributed by atoms with Crippen LogP contribution in [0.15, 0.2) is 11.0 Å². The predicted octanol–water partition coefficient (Wildman–Crippen LogP) is 2.88. The molecule has 0 saturated heterocycles. The second-order valence-corrected chi connectivity index (χ2v) is 8.02. The topological polar surface area (TPSA) is 58.2 Å². The molecule has 0 saturated carbocycles. The second-order valence-electron chi connectivity index (χ2n) is 4.95. The smallest absolute Gasteiger partial charge is 0.241 e. The van der Waals surface area contributed by atoms with Crippen LogP contribution in [0, 0.1) is 12.8 Å². The maximum Gasteiger partial charge on any atom is 0.241 e. The van der Waals surface area contributed by atoms with E-state index in [2.05, 4.69) is 23.9 Å². The molecule has 0 aliphatic carbocycles. The van der Waals surface area contributed by atoms with E-state index in [0.717, 1.165) is 35.7 Å². The van der Waals surface area contributed by atoms with Crippen LogP contribution in [0.1, 0.15) is 43.4 Å². The van der Waals surface area contributed by atoms with Gasteiger partial charge in [-0.3, -0.25) is 0 Å². The van der Waals surface area contributed by atoms with Gasteiger partial charge in [0.15, 0.2) is 0 Å². The lowest BCUT2D eigenvalue weighted by atomic mass is 10.0. The van der Waals surface area contributed by atoms with E-state index in [9.17, 15) is 8.42 Å². The molecule has 0 atom stereocenters. The monoisotopic (exact) mass is 318 g/mol. The van der Waals surface area contributed by atoms with Gasteiger partial charge < -0.3 is 5.32 Å². The molecule has 1 aromatic heterocycles. The zero-order chi connectivity index (χ0) is 15.2. The third kappa shape index (κ3) is 4.84. The molecule has 0 aliphatic heterocycles. The molecular weight excluding hydrogens is 292 g/mol. The van der Waals surface area contributed by atoms with Crippen LogP contribution in [0.4, 0.5) is 0 Å². The van der Waals surface area contributed by atoms with Gasteiger partial charge in [-0.05, 0) is 25.5 Å². The van der Waals surface area contributed by atoms with Crippen LogP contribution in [0.2, 0.25) is 0 Å². The van der Waals surface area contributed by atoms with Gasteiger partial charge in [-0.25, -0.2) is 13.1 Å². The van der Waals surface area contributed by atoms with Crippen LogP contribution in [0.25, 0.3) is 0 Å². The zero-order valence-corrected chi connectivity index (χ0v) is 14.5. The maximum atomic E-state index is 12.4. The Morgan fingerprint density at radius 3 is 2.45 bits per heavy atom. The first-order valence-corrected chi connectivity index (χ1v) is 9.54. The van der Waals surface area contributed by atoms with E-state index in [1.54, 1.807) is 17.4 Å². The highest BCUT2D eigenvalue weighted by molar-refractivity contribution is 7.89. The Hall–Kier alpha value is -0.430. The molecule has 6 heteroatoms. The summed E-state index contributed by atoms with van der Waals surface area (Å²) in [4.78, 5) is 2.35. The Morgan fingerprint density at radius 2 is 1.90 bits per heavy atom. The lowest BCUT2D eigenvalue weighted by Gasteiger charge is -2.13. The van der Waals surface area contributed by atoms with Gasteiger partial charge in [0.1, 0.15) is 0 Å². The molecular formula is C14H26N2O2S2. The normalized spacial score (nSPS) is 12.2. The third-order valence-corrected chi connectivity index (χ3v) is 6.21. The number of sulfonamides is 1. The first-order chi connectivity index (χ1) is 9.44. The molecule has 0 fully saturated rings. The van der Waals surface area contributed by atoms with E-state index in [1.165, 1.54) is 0 Å². The predicted molar refractivity (Wildman–Crippen MR) is 85.7 cm³/mol. The fourth-order valence-corrected chi connectivity index (χ4v) is 4.73. The summed E-state index contributed by atoms with van der Waals surface area (Å²) in [5, 5.41) is 3.22. The average Bonchev–Trinajstić information content (AvgIpc) is 2.79. The van der Waals surface area contributed by atoms with Crippen molar-refractivity contribution >= 4 is 21.4 Å². The molecule has 0 unspecified atom stereocenters. The molecule has 1 aromatic rings. The molecule has 0 spiro atoms. The van der Waals surface area contributed by atoms with Gasteiger partial charge in [0.2, 0.25) is 10.0 Å². The van der Waals surface area contributed by atoms with E-state index in [4.69, 9.17) is 0 Å². The number of aryl methyl sites for hydroxylation is 1. The number of hydrogen-bond donors (Lipinski definition) is 2. The van der Waals surface area contributed by atoms with Crippen molar-refractivity contribution < 1.29 is 8.42 Å². The van der Waals surface area contributed by atoms with Gasteiger partial charge in [-0.2, -0.15) is 0 Å². The fourth-order valence-electron chi connectivity index (χ4n) is 2.01. The minimum Gasteiger partial charge on any atom is -0.312 e. The summed E-state index contributed by atoms with van der Waals surface area (Å²) >= 11 is 1.55. The van der Waals surface area contributed by atoms with Crippen molar-refractivity contribution in [2.45, 2.75) is 52.0 Å². The number of nitrogens with one attached hydrogen (secondary N) is 2. The molecule has 0 amide bonds. The van der Waals surface area contributed by atoms with Gasteiger partial charge in [0.25, 0.3) is 0 Å². The van der Waals surface area contributed by atoms with Crippen molar-refractivity contribution in [1.82, 2.24) is 10.0 Å². The van der Waals surface area contributed by atoms with Crippen molar-refractivity contribution in [3.05, 3.63) is 15.8 Å². The molecule has 0 aliphatic rings. The van der Waals surface area contributed by atoms with Crippen LogP contribution in [0.3, 0.4) is 0 Å². The van der Waals surface area contributed by atoms with Crippen LogP contribution < -0.4 is 10.0 Å². The van der Waals surface area contributed by atoms with Gasteiger partial charge in [0, 0.05) is 22.8 Å². The minimum atomic E-state index is -3.38. The van der Waals surface area contributed by atoms with Gasteiger partial charge in [0.05, 0.1) is 4.90 Å². The summed E-state index contributed by atoms with van der Waals surface area (Å²) in [7, 11) is -3.38. The molecule has 0 aromatic carbocycles. The molecule has 4 nitrogen and oxygen atoms in total. The quantitative estimate of drug-likeness (QED) is 0.736. The molecule has 1 rings (SSSR count). The lowest BCUT2D eigenvalue weighted by molar-refractivity contribution is 0.479. The maximum absolute atomic E-state index is 12.4. The highest BCUT2D eigenvalue weighted by atomic mass is 32.2. The van der Waals surface area contributed by atoms with Gasteiger partial charge in [-0.15, -0.1) is 11.3 Å². The van der Waals surface area contributed by atoms with Crippen molar-refractivity contribution in [2.75, 3.05) is 13.1 Å². The summed E-state index contributed by atoms with van der Waals surface area (Å²) in [6, 6.07) is 1.79. The Labute approximate surface area is 127 Å². The standard InChI is InChI=1S/C14H26N2O2S2/c1-5-12(6-2)9-16-20(17,18)14-8-13(10-15-7-3)19-11(14)4/h8,12,15-16H,5-7,9-10H2,1-4H3. The van der Waals surface area contributed by atoms with E-state index in [0.29, 0.717) is 17.4 Å². The van der Waals surface area contributed by atoms with Crippen molar-refractivity contribution in [3.63, 3.8) is 0 Å². The Balaban J connectivity index is 2.79. The minimum absolute atomic E-state index is 0.407. The SMILES string of the molecule is CCNCc1cc(S(=O)(=O)NCC(CC)CC)c(C)s1.